The van der Waals surface area contributed by atoms with Crippen LogP contribution in [0.5, 0.6) is 0 Å². The van der Waals surface area contributed by atoms with Crippen LogP contribution in [-0.4, -0.2) is 30.8 Å². The van der Waals surface area contributed by atoms with Crippen LogP contribution in [0.15, 0.2) is 48.0 Å². The normalized spacial score (nSPS) is 23.6. The molecule has 3 unspecified atom stereocenters. The van der Waals surface area contributed by atoms with Gasteiger partial charge in [0.2, 0.25) is 0 Å². The van der Waals surface area contributed by atoms with Crippen molar-refractivity contribution in [3.8, 4) is 6.07 Å². The average molecular weight is 449 g/mol. The summed E-state index contributed by atoms with van der Waals surface area (Å²) in [5, 5.41) is 24.0. The number of hydrogen-bond acceptors (Lipinski definition) is 4. The molecule has 3 rings (SSSR count). The Morgan fingerprint density at radius 1 is 1.30 bits per heavy atom. The summed E-state index contributed by atoms with van der Waals surface area (Å²) in [6, 6.07) is 12.0. The number of ether oxygens (including phenoxy) is 1. The lowest BCUT2D eigenvalue weighted by molar-refractivity contribution is -0.152. The van der Waals surface area contributed by atoms with Crippen LogP contribution in [0.1, 0.15) is 24.0 Å². The summed E-state index contributed by atoms with van der Waals surface area (Å²) < 4.78 is 19.0. The number of rotatable bonds is 5. The standard InChI is InChI=1S/C22H19Cl2FN2O3/c1-22(21(28)29)18(11-30-2)27-20(12-3-5-13(23)6-4-12)16(10-26)19(22)15-8-7-14(25)9-17(15)24/h3-9,18-19,27H,11H2,1-2H3,(H,28,29). The molecule has 0 aliphatic carbocycles. The van der Waals surface area contributed by atoms with E-state index in [1.165, 1.54) is 26.2 Å². The summed E-state index contributed by atoms with van der Waals surface area (Å²) >= 11 is 12.3. The summed E-state index contributed by atoms with van der Waals surface area (Å²) in [6.07, 6.45) is 0. The molecule has 156 valence electrons. The Morgan fingerprint density at radius 3 is 2.50 bits per heavy atom. The van der Waals surface area contributed by atoms with Gasteiger partial charge in [-0.1, -0.05) is 41.4 Å². The molecule has 8 heteroatoms. The summed E-state index contributed by atoms with van der Waals surface area (Å²) in [5.41, 5.74) is 0.156. The van der Waals surface area contributed by atoms with Crippen LogP contribution in [0.25, 0.3) is 5.70 Å². The molecule has 1 aliphatic rings. The fraction of sp³-hybridized carbons (Fsp3) is 0.273. The average Bonchev–Trinajstić information content (AvgIpc) is 2.70. The van der Waals surface area contributed by atoms with Crippen LogP contribution >= 0.6 is 23.2 Å². The SMILES string of the molecule is COCC1NC(c2ccc(Cl)cc2)=C(C#N)C(c2ccc(F)cc2Cl)C1(C)C(=O)O. The molecule has 2 N–H and O–H groups in total. The van der Waals surface area contributed by atoms with Gasteiger partial charge in [-0.3, -0.25) is 4.79 Å². The molecule has 0 radical (unpaired) electrons. The number of benzene rings is 2. The van der Waals surface area contributed by atoms with Crippen LogP contribution in [0.2, 0.25) is 10.0 Å². The number of methoxy groups -OCH3 is 1. The highest BCUT2D eigenvalue weighted by Gasteiger charge is 2.54. The van der Waals surface area contributed by atoms with Gasteiger partial charge in [-0.05, 0) is 42.3 Å². The number of allylic oxidation sites excluding steroid dienone is 1. The van der Waals surface area contributed by atoms with Crippen molar-refractivity contribution < 1.29 is 19.0 Å². The predicted molar refractivity (Wildman–Crippen MR) is 113 cm³/mol. The first-order valence-electron chi connectivity index (χ1n) is 9.08. The molecule has 0 spiro atoms. The molecule has 2 aromatic carbocycles. The monoisotopic (exact) mass is 448 g/mol. The van der Waals surface area contributed by atoms with Crippen molar-refractivity contribution in [1.82, 2.24) is 5.32 Å². The molecule has 1 heterocycles. The van der Waals surface area contributed by atoms with E-state index < -0.39 is 29.2 Å². The van der Waals surface area contributed by atoms with Gasteiger partial charge in [0.25, 0.3) is 0 Å². The van der Waals surface area contributed by atoms with Crippen molar-refractivity contribution in [2.24, 2.45) is 5.41 Å². The zero-order chi connectivity index (χ0) is 22.1. The maximum Gasteiger partial charge on any atom is 0.312 e. The summed E-state index contributed by atoms with van der Waals surface area (Å²) in [4.78, 5) is 12.5. The third-order valence-corrected chi connectivity index (χ3v) is 6.10. The highest BCUT2D eigenvalue weighted by atomic mass is 35.5. The van der Waals surface area contributed by atoms with Crippen LogP contribution in [0.4, 0.5) is 4.39 Å². The lowest BCUT2D eigenvalue weighted by Gasteiger charge is -2.46. The highest BCUT2D eigenvalue weighted by molar-refractivity contribution is 6.31. The van der Waals surface area contributed by atoms with Gasteiger partial charge >= 0.3 is 5.97 Å². The maximum atomic E-state index is 13.7. The predicted octanol–water partition coefficient (Wildman–Crippen LogP) is 4.86. The van der Waals surface area contributed by atoms with Crippen molar-refractivity contribution in [1.29, 1.82) is 5.26 Å². The minimum Gasteiger partial charge on any atom is -0.481 e. The quantitative estimate of drug-likeness (QED) is 0.682. The van der Waals surface area contributed by atoms with E-state index >= 15 is 0 Å². The number of nitriles is 1. The Bertz CT molecular complexity index is 1050. The summed E-state index contributed by atoms with van der Waals surface area (Å²) in [6.45, 7) is 1.60. The Balaban J connectivity index is 2.34. The van der Waals surface area contributed by atoms with Gasteiger partial charge in [-0.15, -0.1) is 0 Å². The number of hydrogen-bond donors (Lipinski definition) is 2. The van der Waals surface area contributed by atoms with E-state index in [1.54, 1.807) is 24.3 Å². The number of carbonyl (C=O) groups is 1. The van der Waals surface area contributed by atoms with Gasteiger partial charge in [0.05, 0.1) is 35.4 Å². The maximum absolute atomic E-state index is 13.7. The van der Waals surface area contributed by atoms with Gasteiger partial charge in [-0.2, -0.15) is 5.26 Å². The highest BCUT2D eigenvalue weighted by Crippen LogP contribution is 2.51. The smallest absolute Gasteiger partial charge is 0.312 e. The number of nitrogens with one attached hydrogen (secondary N) is 1. The van der Waals surface area contributed by atoms with E-state index in [0.29, 0.717) is 21.8 Å². The molecule has 30 heavy (non-hydrogen) atoms. The summed E-state index contributed by atoms with van der Waals surface area (Å²) in [5.74, 6) is -2.63. The van der Waals surface area contributed by atoms with Crippen LogP contribution in [-0.2, 0) is 9.53 Å². The van der Waals surface area contributed by atoms with Gasteiger partial charge < -0.3 is 15.2 Å². The molecule has 0 saturated heterocycles. The first kappa shape index (κ1) is 22.1. The van der Waals surface area contributed by atoms with Crippen molar-refractivity contribution in [3.63, 3.8) is 0 Å². The van der Waals surface area contributed by atoms with Gasteiger partial charge in [0.1, 0.15) is 5.82 Å². The molecule has 5 nitrogen and oxygen atoms in total. The van der Waals surface area contributed by atoms with E-state index in [2.05, 4.69) is 11.4 Å². The molecule has 0 amide bonds. The van der Waals surface area contributed by atoms with Crippen molar-refractivity contribution >= 4 is 34.9 Å². The fourth-order valence-corrected chi connectivity index (χ4v) is 4.29. The van der Waals surface area contributed by atoms with Gasteiger partial charge in [0, 0.05) is 23.1 Å². The zero-order valence-corrected chi connectivity index (χ0v) is 17.8. The number of nitrogens with zero attached hydrogens (tertiary/aromatic N) is 1. The molecule has 0 bridgehead atoms. The Hall–Kier alpha value is -2.59. The van der Waals surface area contributed by atoms with Crippen LogP contribution in [0, 0.1) is 22.6 Å². The Labute approximate surface area is 183 Å². The molecular weight excluding hydrogens is 430 g/mol. The lowest BCUT2D eigenvalue weighted by Crippen LogP contribution is -2.57. The largest absolute Gasteiger partial charge is 0.481 e. The molecule has 0 saturated carbocycles. The van der Waals surface area contributed by atoms with Crippen molar-refractivity contribution in [3.05, 3.63) is 75.0 Å². The van der Waals surface area contributed by atoms with Crippen LogP contribution in [0.3, 0.4) is 0 Å². The second-order valence-corrected chi connectivity index (χ2v) is 8.09. The number of aliphatic carboxylic acids is 1. The van der Waals surface area contributed by atoms with E-state index in [4.69, 9.17) is 27.9 Å². The van der Waals surface area contributed by atoms with E-state index in [-0.39, 0.29) is 17.2 Å². The molecule has 3 atom stereocenters. The first-order valence-corrected chi connectivity index (χ1v) is 9.83. The Morgan fingerprint density at radius 2 is 1.97 bits per heavy atom. The third-order valence-electron chi connectivity index (χ3n) is 5.52. The lowest BCUT2D eigenvalue weighted by atomic mass is 9.63. The fourth-order valence-electron chi connectivity index (χ4n) is 3.89. The molecule has 2 aromatic rings. The van der Waals surface area contributed by atoms with Gasteiger partial charge in [0.15, 0.2) is 0 Å². The second kappa shape index (κ2) is 8.65. The van der Waals surface area contributed by atoms with E-state index in [0.717, 1.165) is 6.07 Å². The van der Waals surface area contributed by atoms with E-state index in [9.17, 15) is 19.6 Å². The minimum absolute atomic E-state index is 0.0498. The Kier molecular flexibility index (Phi) is 6.37. The molecule has 1 aliphatic heterocycles. The topological polar surface area (TPSA) is 82.3 Å². The number of carboxylic acid groups (broad SMARTS) is 1. The number of halogens is 3. The van der Waals surface area contributed by atoms with Gasteiger partial charge in [-0.25, -0.2) is 4.39 Å². The third kappa shape index (κ3) is 3.77. The van der Waals surface area contributed by atoms with Crippen LogP contribution < -0.4 is 5.32 Å². The molecule has 0 aromatic heterocycles. The second-order valence-electron chi connectivity index (χ2n) is 7.25. The zero-order valence-electron chi connectivity index (χ0n) is 16.2. The van der Waals surface area contributed by atoms with Crippen molar-refractivity contribution in [2.75, 3.05) is 13.7 Å². The minimum atomic E-state index is -1.50. The first-order chi connectivity index (χ1) is 14.2. The van der Waals surface area contributed by atoms with Crippen molar-refractivity contribution in [2.45, 2.75) is 18.9 Å². The molecule has 0 fully saturated rings. The summed E-state index contributed by atoms with van der Waals surface area (Å²) in [7, 11) is 1.47. The van der Waals surface area contributed by atoms with E-state index in [1.807, 2.05) is 0 Å². The number of carboxylic acids is 1. The molecular formula is C22H19Cl2FN2O3.